The van der Waals surface area contributed by atoms with Crippen molar-refractivity contribution in [3.05, 3.63) is 106 Å². The molecule has 1 atom stereocenters. The minimum atomic E-state index is -0.696. The zero-order valence-electron chi connectivity index (χ0n) is 20.3. The maximum atomic E-state index is 13.4. The molecular formula is C29H30N2O3. The maximum Gasteiger partial charge on any atom is 0.295 e. The second kappa shape index (κ2) is 8.90. The molecule has 1 aliphatic heterocycles. The van der Waals surface area contributed by atoms with E-state index in [1.54, 1.807) is 18.5 Å². The van der Waals surface area contributed by atoms with Crippen molar-refractivity contribution in [2.45, 2.75) is 52.6 Å². The molecule has 0 aliphatic carbocycles. The Morgan fingerprint density at radius 1 is 1.03 bits per heavy atom. The van der Waals surface area contributed by atoms with E-state index >= 15 is 0 Å². The number of carbonyl (C=O) groups excluding carboxylic acids is 2. The number of pyridine rings is 1. The van der Waals surface area contributed by atoms with Crippen molar-refractivity contribution in [3.8, 4) is 0 Å². The Morgan fingerprint density at radius 3 is 2.44 bits per heavy atom. The predicted octanol–water partition coefficient (Wildman–Crippen LogP) is 5.62. The Kier molecular flexibility index (Phi) is 6.13. The lowest BCUT2D eigenvalue weighted by Gasteiger charge is -2.26. The molecule has 2 heterocycles. The molecule has 1 aliphatic rings. The van der Waals surface area contributed by atoms with Crippen LogP contribution in [0.25, 0.3) is 5.76 Å². The Morgan fingerprint density at radius 2 is 1.79 bits per heavy atom. The van der Waals surface area contributed by atoms with Crippen molar-refractivity contribution >= 4 is 17.4 Å². The van der Waals surface area contributed by atoms with Gasteiger partial charge in [-0.25, -0.2) is 0 Å². The summed E-state index contributed by atoms with van der Waals surface area (Å²) < 4.78 is 0. The second-order valence-corrected chi connectivity index (χ2v) is 9.98. The van der Waals surface area contributed by atoms with Crippen LogP contribution in [-0.2, 0) is 21.5 Å². The summed E-state index contributed by atoms with van der Waals surface area (Å²) in [5.74, 6) is -1.43. The molecule has 0 spiro atoms. The SMILES string of the molecule is Cc1cccc(C2/C(=C(\O)c3cc(C(C)(C)C)ccc3C)C(=O)C(=O)N2Cc2cccnc2)c1. The number of aromatic nitrogens is 1. The minimum absolute atomic E-state index is 0.119. The summed E-state index contributed by atoms with van der Waals surface area (Å²) in [7, 11) is 0. The Balaban J connectivity index is 1.92. The number of carbonyl (C=O) groups is 2. The van der Waals surface area contributed by atoms with Gasteiger partial charge in [0.05, 0.1) is 11.6 Å². The van der Waals surface area contributed by atoms with Gasteiger partial charge in [0.25, 0.3) is 11.7 Å². The molecule has 1 unspecified atom stereocenters. The molecule has 2 aromatic carbocycles. The van der Waals surface area contributed by atoms with Crippen molar-refractivity contribution in [2.75, 3.05) is 0 Å². The first-order valence-corrected chi connectivity index (χ1v) is 11.4. The van der Waals surface area contributed by atoms with Gasteiger partial charge < -0.3 is 10.0 Å². The first-order chi connectivity index (χ1) is 16.1. The van der Waals surface area contributed by atoms with Crippen LogP contribution in [0.4, 0.5) is 0 Å². The van der Waals surface area contributed by atoms with Gasteiger partial charge in [0.2, 0.25) is 0 Å². The van der Waals surface area contributed by atoms with Crippen LogP contribution in [0.15, 0.2) is 72.6 Å². The summed E-state index contributed by atoms with van der Waals surface area (Å²) in [6.07, 6.45) is 3.35. The van der Waals surface area contributed by atoms with E-state index in [-0.39, 0.29) is 23.3 Å². The topological polar surface area (TPSA) is 70.5 Å². The van der Waals surface area contributed by atoms with E-state index in [9.17, 15) is 14.7 Å². The molecule has 1 aromatic heterocycles. The highest BCUT2D eigenvalue weighted by molar-refractivity contribution is 6.46. The number of amides is 1. The van der Waals surface area contributed by atoms with E-state index in [1.807, 2.05) is 62.4 Å². The standard InChI is InChI=1S/C29H30N2O3/c1-18-8-6-10-21(14-18)25-24(26(32)23-15-22(29(3,4)5)12-11-19(23)2)27(33)28(34)31(25)17-20-9-7-13-30-16-20/h6-16,25,32H,17H2,1-5H3/b26-24+. The van der Waals surface area contributed by atoms with Crippen LogP contribution in [0.2, 0.25) is 0 Å². The summed E-state index contributed by atoms with van der Waals surface area (Å²) in [5, 5.41) is 11.5. The van der Waals surface area contributed by atoms with Crippen molar-refractivity contribution in [3.63, 3.8) is 0 Å². The second-order valence-electron chi connectivity index (χ2n) is 9.98. The fraction of sp³-hybridized carbons (Fsp3) is 0.276. The van der Waals surface area contributed by atoms with Crippen molar-refractivity contribution in [1.29, 1.82) is 0 Å². The lowest BCUT2D eigenvalue weighted by Crippen LogP contribution is -2.29. The van der Waals surface area contributed by atoms with Gasteiger partial charge in [0.15, 0.2) is 0 Å². The third-order valence-electron chi connectivity index (χ3n) is 6.33. The number of aryl methyl sites for hydroxylation is 2. The van der Waals surface area contributed by atoms with Crippen molar-refractivity contribution in [1.82, 2.24) is 9.88 Å². The van der Waals surface area contributed by atoms with Crippen LogP contribution < -0.4 is 0 Å². The average Bonchev–Trinajstić information content (AvgIpc) is 3.04. The largest absolute Gasteiger partial charge is 0.507 e. The molecule has 0 saturated carbocycles. The summed E-state index contributed by atoms with van der Waals surface area (Å²) >= 11 is 0. The maximum absolute atomic E-state index is 13.4. The number of Topliss-reactive ketones (excluding diaryl/α,β-unsaturated/α-hetero) is 1. The molecule has 34 heavy (non-hydrogen) atoms. The fourth-order valence-electron chi connectivity index (χ4n) is 4.41. The molecule has 0 bridgehead atoms. The molecule has 3 aromatic rings. The van der Waals surface area contributed by atoms with Gasteiger partial charge in [-0.05, 0) is 53.6 Å². The van der Waals surface area contributed by atoms with Crippen LogP contribution in [0.3, 0.4) is 0 Å². The number of benzene rings is 2. The molecular weight excluding hydrogens is 424 g/mol. The molecule has 1 saturated heterocycles. The highest BCUT2D eigenvalue weighted by Gasteiger charge is 2.46. The fourth-order valence-corrected chi connectivity index (χ4v) is 4.41. The zero-order chi connectivity index (χ0) is 24.6. The van der Waals surface area contributed by atoms with Crippen LogP contribution in [0.5, 0.6) is 0 Å². The number of hydrogen-bond donors (Lipinski definition) is 1. The van der Waals surface area contributed by atoms with Crippen LogP contribution in [-0.4, -0.2) is 26.7 Å². The quantitative estimate of drug-likeness (QED) is 0.316. The van der Waals surface area contributed by atoms with Gasteiger partial charge in [-0.15, -0.1) is 0 Å². The zero-order valence-corrected chi connectivity index (χ0v) is 20.3. The van der Waals surface area contributed by atoms with E-state index in [1.165, 1.54) is 4.90 Å². The number of nitrogens with zero attached hydrogens (tertiary/aromatic N) is 2. The summed E-state index contributed by atoms with van der Waals surface area (Å²) in [6, 6.07) is 16.6. The van der Waals surface area contributed by atoms with Gasteiger partial charge in [-0.3, -0.25) is 14.6 Å². The Labute approximate surface area is 200 Å². The van der Waals surface area contributed by atoms with E-state index in [0.717, 1.165) is 27.8 Å². The third-order valence-corrected chi connectivity index (χ3v) is 6.33. The molecule has 5 nitrogen and oxygen atoms in total. The Hall–Kier alpha value is -3.73. The molecule has 4 rings (SSSR count). The number of ketones is 1. The molecule has 0 radical (unpaired) electrons. The van der Waals surface area contributed by atoms with Crippen molar-refractivity contribution < 1.29 is 14.7 Å². The Bertz CT molecular complexity index is 1290. The van der Waals surface area contributed by atoms with E-state index < -0.39 is 17.7 Å². The number of aliphatic hydroxyl groups is 1. The number of aliphatic hydroxyl groups excluding tert-OH is 1. The molecule has 174 valence electrons. The number of hydrogen-bond acceptors (Lipinski definition) is 4. The molecule has 1 amide bonds. The van der Waals surface area contributed by atoms with Crippen LogP contribution >= 0.6 is 0 Å². The van der Waals surface area contributed by atoms with E-state index in [4.69, 9.17) is 0 Å². The lowest BCUT2D eigenvalue weighted by molar-refractivity contribution is -0.140. The van der Waals surface area contributed by atoms with Gasteiger partial charge >= 0.3 is 0 Å². The summed E-state index contributed by atoms with van der Waals surface area (Å²) in [6.45, 7) is 10.4. The minimum Gasteiger partial charge on any atom is -0.507 e. The van der Waals surface area contributed by atoms with Crippen LogP contribution in [0.1, 0.15) is 60.2 Å². The summed E-state index contributed by atoms with van der Waals surface area (Å²) in [4.78, 5) is 32.3. The van der Waals surface area contributed by atoms with Gasteiger partial charge in [0.1, 0.15) is 5.76 Å². The first kappa shape index (κ1) is 23.4. The monoisotopic (exact) mass is 454 g/mol. The highest BCUT2D eigenvalue weighted by Crippen LogP contribution is 2.41. The first-order valence-electron chi connectivity index (χ1n) is 11.4. The lowest BCUT2D eigenvalue weighted by atomic mass is 9.84. The van der Waals surface area contributed by atoms with E-state index in [0.29, 0.717) is 5.56 Å². The van der Waals surface area contributed by atoms with Gasteiger partial charge in [0, 0.05) is 24.5 Å². The van der Waals surface area contributed by atoms with Crippen LogP contribution in [0, 0.1) is 13.8 Å². The van der Waals surface area contributed by atoms with E-state index in [2.05, 4.69) is 25.8 Å². The third kappa shape index (κ3) is 4.38. The number of rotatable bonds is 4. The van der Waals surface area contributed by atoms with Gasteiger partial charge in [-0.1, -0.05) is 68.8 Å². The number of likely N-dealkylation sites (tertiary alicyclic amines) is 1. The van der Waals surface area contributed by atoms with Gasteiger partial charge in [-0.2, -0.15) is 0 Å². The molecule has 1 fully saturated rings. The van der Waals surface area contributed by atoms with Crippen molar-refractivity contribution in [2.24, 2.45) is 0 Å². The smallest absolute Gasteiger partial charge is 0.295 e. The average molecular weight is 455 g/mol. The molecule has 5 heteroatoms. The normalized spacial score (nSPS) is 17.9. The molecule has 1 N–H and O–H groups in total. The predicted molar refractivity (Wildman–Crippen MR) is 133 cm³/mol. The highest BCUT2D eigenvalue weighted by atomic mass is 16.3. The summed E-state index contributed by atoms with van der Waals surface area (Å²) in [5.41, 5.74) is 5.05.